The average molecular weight is 204 g/mol. The van der Waals surface area contributed by atoms with Gasteiger partial charge in [-0.3, -0.25) is 15.1 Å². The smallest absolute Gasteiger partial charge is 0.279 e. The summed E-state index contributed by atoms with van der Waals surface area (Å²) >= 11 is 0. The van der Waals surface area contributed by atoms with E-state index in [9.17, 15) is 10.1 Å². The molecule has 0 saturated heterocycles. The van der Waals surface area contributed by atoms with Crippen LogP contribution in [0, 0.1) is 10.1 Å². The summed E-state index contributed by atoms with van der Waals surface area (Å²) in [5.41, 5.74) is 0.0406. The van der Waals surface area contributed by atoms with Crippen LogP contribution >= 0.6 is 0 Å². The van der Waals surface area contributed by atoms with Crippen LogP contribution in [0.1, 0.15) is 0 Å². The Morgan fingerprint density at radius 2 is 2.13 bits per heavy atom. The summed E-state index contributed by atoms with van der Waals surface area (Å²) in [5, 5.41) is 11.9. The van der Waals surface area contributed by atoms with Gasteiger partial charge in [-0.05, 0) is 12.1 Å². The molecule has 0 amide bonds. The van der Waals surface area contributed by atoms with E-state index in [1.165, 1.54) is 19.4 Å². The highest BCUT2D eigenvalue weighted by molar-refractivity contribution is 5.94. The third kappa shape index (κ3) is 1.48. The number of ether oxygens (including phenoxy) is 1. The molecule has 15 heavy (non-hydrogen) atoms. The van der Waals surface area contributed by atoms with Crippen LogP contribution in [0.15, 0.2) is 30.6 Å². The zero-order chi connectivity index (χ0) is 10.8. The molecule has 0 atom stereocenters. The van der Waals surface area contributed by atoms with Crippen molar-refractivity contribution >= 4 is 16.5 Å². The topological polar surface area (TPSA) is 65.3 Å². The third-order valence-electron chi connectivity index (χ3n) is 2.17. The fourth-order valence-electron chi connectivity index (χ4n) is 1.48. The zero-order valence-corrected chi connectivity index (χ0v) is 8.01. The molecule has 0 unspecified atom stereocenters. The maximum absolute atomic E-state index is 10.8. The first-order valence-electron chi connectivity index (χ1n) is 4.29. The molecule has 1 aromatic carbocycles. The van der Waals surface area contributed by atoms with Crippen molar-refractivity contribution in [3.05, 3.63) is 40.7 Å². The van der Waals surface area contributed by atoms with Gasteiger partial charge in [-0.1, -0.05) is 0 Å². The summed E-state index contributed by atoms with van der Waals surface area (Å²) in [6.45, 7) is 0. The number of hydrogen-bond donors (Lipinski definition) is 0. The highest BCUT2D eigenvalue weighted by atomic mass is 16.6. The van der Waals surface area contributed by atoms with Crippen molar-refractivity contribution in [1.82, 2.24) is 4.98 Å². The second kappa shape index (κ2) is 3.53. The van der Waals surface area contributed by atoms with Gasteiger partial charge in [0.05, 0.1) is 17.4 Å². The quantitative estimate of drug-likeness (QED) is 0.555. The average Bonchev–Trinajstić information content (AvgIpc) is 2.27. The molecular weight excluding hydrogens is 196 g/mol. The molecule has 0 radical (unpaired) electrons. The first kappa shape index (κ1) is 9.39. The van der Waals surface area contributed by atoms with E-state index in [0.717, 1.165) is 0 Å². The van der Waals surface area contributed by atoms with Crippen molar-refractivity contribution in [2.24, 2.45) is 0 Å². The molecule has 0 bridgehead atoms. The lowest BCUT2D eigenvalue weighted by atomic mass is 10.1. The lowest BCUT2D eigenvalue weighted by Gasteiger charge is -2.04. The number of non-ortho nitro benzene ring substituents is 1. The van der Waals surface area contributed by atoms with E-state index in [1.807, 2.05) is 0 Å². The highest BCUT2D eigenvalue weighted by Crippen LogP contribution is 2.31. The van der Waals surface area contributed by atoms with E-state index in [4.69, 9.17) is 4.74 Å². The van der Waals surface area contributed by atoms with Gasteiger partial charge in [0, 0.05) is 23.8 Å². The van der Waals surface area contributed by atoms with Crippen molar-refractivity contribution in [3.8, 4) is 5.75 Å². The van der Waals surface area contributed by atoms with Gasteiger partial charge in [-0.2, -0.15) is 0 Å². The summed E-state index contributed by atoms with van der Waals surface area (Å²) in [5.74, 6) is 0.609. The first-order valence-corrected chi connectivity index (χ1v) is 4.29. The maximum Gasteiger partial charge on any atom is 0.279 e. The molecule has 5 nitrogen and oxygen atoms in total. The van der Waals surface area contributed by atoms with Gasteiger partial charge in [0.25, 0.3) is 5.69 Å². The van der Waals surface area contributed by atoms with Crippen LogP contribution < -0.4 is 4.74 Å². The van der Waals surface area contributed by atoms with Crippen molar-refractivity contribution in [3.63, 3.8) is 0 Å². The van der Waals surface area contributed by atoms with Crippen LogP contribution in [0.2, 0.25) is 0 Å². The Balaban J connectivity index is 2.83. The second-order valence-corrected chi connectivity index (χ2v) is 2.97. The number of nitro benzene ring substituents is 1. The monoisotopic (exact) mass is 204 g/mol. The van der Waals surface area contributed by atoms with Crippen LogP contribution in [-0.4, -0.2) is 17.0 Å². The predicted octanol–water partition coefficient (Wildman–Crippen LogP) is 2.15. The van der Waals surface area contributed by atoms with Crippen LogP contribution in [0.5, 0.6) is 5.75 Å². The van der Waals surface area contributed by atoms with Crippen LogP contribution in [-0.2, 0) is 0 Å². The van der Waals surface area contributed by atoms with Gasteiger partial charge >= 0.3 is 0 Å². The Morgan fingerprint density at radius 3 is 2.80 bits per heavy atom. The zero-order valence-electron chi connectivity index (χ0n) is 8.01. The predicted molar refractivity (Wildman–Crippen MR) is 54.9 cm³/mol. The summed E-state index contributed by atoms with van der Waals surface area (Å²) < 4.78 is 5.11. The van der Waals surface area contributed by atoms with Crippen LogP contribution in [0.25, 0.3) is 10.8 Å². The molecule has 1 aromatic heterocycles. The molecule has 0 spiro atoms. The van der Waals surface area contributed by atoms with Crippen LogP contribution in [0.3, 0.4) is 0 Å². The Bertz CT molecular complexity index is 525. The number of pyridine rings is 1. The van der Waals surface area contributed by atoms with E-state index in [1.54, 1.807) is 18.3 Å². The molecule has 0 saturated carbocycles. The van der Waals surface area contributed by atoms with E-state index in [0.29, 0.717) is 16.5 Å². The Labute approximate surface area is 85.5 Å². The van der Waals surface area contributed by atoms with Crippen molar-refractivity contribution in [2.45, 2.75) is 0 Å². The van der Waals surface area contributed by atoms with Gasteiger partial charge in [0.1, 0.15) is 5.75 Å². The van der Waals surface area contributed by atoms with E-state index in [2.05, 4.69) is 4.98 Å². The summed E-state index contributed by atoms with van der Waals surface area (Å²) in [6, 6.07) is 4.70. The minimum Gasteiger partial charge on any atom is -0.496 e. The summed E-state index contributed by atoms with van der Waals surface area (Å²) in [6.07, 6.45) is 3.05. The maximum atomic E-state index is 10.8. The largest absolute Gasteiger partial charge is 0.496 e. The van der Waals surface area contributed by atoms with Crippen molar-refractivity contribution < 1.29 is 9.66 Å². The number of rotatable bonds is 2. The Morgan fingerprint density at radius 1 is 1.33 bits per heavy atom. The van der Waals surface area contributed by atoms with Crippen molar-refractivity contribution in [2.75, 3.05) is 7.11 Å². The van der Waals surface area contributed by atoms with Gasteiger partial charge in [-0.25, -0.2) is 0 Å². The fraction of sp³-hybridized carbons (Fsp3) is 0.100. The fourth-order valence-corrected chi connectivity index (χ4v) is 1.48. The molecule has 0 aliphatic carbocycles. The molecule has 2 rings (SSSR count). The minimum atomic E-state index is -0.427. The number of nitro groups is 1. The molecule has 2 aromatic rings. The molecule has 0 N–H and O–H groups in total. The van der Waals surface area contributed by atoms with Crippen LogP contribution in [0.4, 0.5) is 5.69 Å². The Kier molecular flexibility index (Phi) is 2.21. The third-order valence-corrected chi connectivity index (χ3v) is 2.17. The van der Waals surface area contributed by atoms with E-state index in [-0.39, 0.29) is 5.69 Å². The molecule has 76 valence electrons. The Hall–Kier alpha value is -2.17. The normalized spacial score (nSPS) is 10.2. The molecule has 5 heteroatoms. The van der Waals surface area contributed by atoms with E-state index < -0.39 is 4.92 Å². The molecule has 0 aliphatic heterocycles. The second-order valence-electron chi connectivity index (χ2n) is 2.97. The SMILES string of the molecule is COc1ccc([N+](=O)[O-])c2cnccc12. The minimum absolute atomic E-state index is 0.0406. The molecule has 1 heterocycles. The number of hydrogen-bond acceptors (Lipinski definition) is 4. The van der Waals surface area contributed by atoms with Gasteiger partial charge < -0.3 is 4.74 Å². The molecule has 0 aliphatic rings. The lowest BCUT2D eigenvalue weighted by Crippen LogP contribution is -1.92. The standard InChI is InChI=1S/C10H8N2O3/c1-15-10-3-2-9(12(13)14)8-6-11-5-4-7(8)10/h2-6H,1H3. The van der Waals surface area contributed by atoms with E-state index >= 15 is 0 Å². The number of benzene rings is 1. The summed E-state index contributed by atoms with van der Waals surface area (Å²) in [4.78, 5) is 14.2. The van der Waals surface area contributed by atoms with Gasteiger partial charge in [0.2, 0.25) is 0 Å². The number of aromatic nitrogens is 1. The summed E-state index contributed by atoms with van der Waals surface area (Å²) in [7, 11) is 1.53. The van der Waals surface area contributed by atoms with Gasteiger partial charge in [0.15, 0.2) is 0 Å². The lowest BCUT2D eigenvalue weighted by molar-refractivity contribution is -0.383. The molecular formula is C10H8N2O3. The molecule has 0 fully saturated rings. The van der Waals surface area contributed by atoms with Gasteiger partial charge in [-0.15, -0.1) is 0 Å². The van der Waals surface area contributed by atoms with Crippen molar-refractivity contribution in [1.29, 1.82) is 0 Å². The highest BCUT2D eigenvalue weighted by Gasteiger charge is 2.14. The number of methoxy groups -OCH3 is 1. The first-order chi connectivity index (χ1) is 7.24. The number of nitrogens with zero attached hydrogens (tertiary/aromatic N) is 2. The number of fused-ring (bicyclic) bond motifs is 1.